The van der Waals surface area contributed by atoms with E-state index in [-0.39, 0.29) is 0 Å². The molecule has 7 heteroatoms. The number of guanidine groups is 1. The predicted molar refractivity (Wildman–Crippen MR) is 106 cm³/mol. The lowest BCUT2D eigenvalue weighted by Gasteiger charge is -2.11. The normalized spacial score (nSPS) is 11.5. The maximum Gasteiger partial charge on any atom is 0.192 e. The Bertz CT molecular complexity index is 837. The number of rotatable bonds is 7. The molecule has 0 saturated carbocycles. The van der Waals surface area contributed by atoms with E-state index in [2.05, 4.69) is 68.3 Å². The number of hydrogen-bond acceptors (Lipinski definition) is 4. The van der Waals surface area contributed by atoms with Crippen molar-refractivity contribution in [2.24, 2.45) is 4.99 Å². The molecule has 0 atom stereocenters. The van der Waals surface area contributed by atoms with Gasteiger partial charge in [0.15, 0.2) is 5.96 Å². The van der Waals surface area contributed by atoms with Gasteiger partial charge in [0.25, 0.3) is 0 Å². The summed E-state index contributed by atoms with van der Waals surface area (Å²) in [6.07, 6.45) is 5.72. The fraction of sp³-hybridized carbons (Fsp3) is 0.316. The Morgan fingerprint density at radius 1 is 1.19 bits per heavy atom. The van der Waals surface area contributed by atoms with Gasteiger partial charge in [-0.25, -0.2) is 15.0 Å². The molecule has 6 nitrogen and oxygen atoms in total. The molecule has 0 aliphatic carbocycles. The van der Waals surface area contributed by atoms with Crippen LogP contribution >= 0.6 is 11.3 Å². The maximum atomic E-state index is 4.67. The molecule has 0 aliphatic heterocycles. The molecule has 2 aromatic heterocycles. The van der Waals surface area contributed by atoms with Crippen molar-refractivity contribution >= 4 is 17.3 Å². The van der Waals surface area contributed by atoms with Crippen LogP contribution < -0.4 is 10.6 Å². The van der Waals surface area contributed by atoms with Crippen molar-refractivity contribution in [3.05, 3.63) is 70.2 Å². The minimum atomic E-state index is 0.520. The summed E-state index contributed by atoms with van der Waals surface area (Å²) in [5, 5.41) is 7.66. The van der Waals surface area contributed by atoms with Crippen molar-refractivity contribution in [2.45, 2.75) is 33.5 Å². The third-order valence-corrected chi connectivity index (χ3v) is 4.71. The molecule has 0 radical (unpaired) electrons. The molecule has 0 saturated heterocycles. The standard InChI is InChI=1S/C19H24N6S/c1-3-20-19(24-13-18-22-11-15(2)26-18)23-12-17-21-9-10-25(17)14-16-7-5-4-6-8-16/h4-11H,3,12-14H2,1-2H3,(H2,20,23,24). The summed E-state index contributed by atoms with van der Waals surface area (Å²) in [5.74, 6) is 1.71. The van der Waals surface area contributed by atoms with Crippen molar-refractivity contribution in [3.63, 3.8) is 0 Å². The second-order valence-electron chi connectivity index (χ2n) is 5.87. The average Bonchev–Trinajstić information content (AvgIpc) is 3.27. The first-order valence-electron chi connectivity index (χ1n) is 8.72. The van der Waals surface area contributed by atoms with Gasteiger partial charge in [0.2, 0.25) is 0 Å². The first kappa shape index (κ1) is 18.1. The van der Waals surface area contributed by atoms with Gasteiger partial charge in [-0.1, -0.05) is 30.3 Å². The molecular formula is C19H24N6S. The summed E-state index contributed by atoms with van der Waals surface area (Å²) in [6, 6.07) is 10.4. The van der Waals surface area contributed by atoms with E-state index in [4.69, 9.17) is 0 Å². The second-order valence-corrected chi connectivity index (χ2v) is 7.19. The van der Waals surface area contributed by atoms with Gasteiger partial charge in [-0.2, -0.15) is 0 Å². The van der Waals surface area contributed by atoms with E-state index in [1.54, 1.807) is 11.3 Å². The van der Waals surface area contributed by atoms with Crippen LogP contribution in [-0.4, -0.2) is 27.0 Å². The zero-order chi connectivity index (χ0) is 18.2. The number of aryl methyl sites for hydroxylation is 1. The Hall–Kier alpha value is -2.67. The van der Waals surface area contributed by atoms with Crippen LogP contribution in [0, 0.1) is 6.92 Å². The van der Waals surface area contributed by atoms with Crippen LogP contribution in [0.2, 0.25) is 0 Å². The molecule has 26 heavy (non-hydrogen) atoms. The van der Waals surface area contributed by atoms with Gasteiger partial charge < -0.3 is 15.2 Å². The zero-order valence-corrected chi connectivity index (χ0v) is 16.0. The van der Waals surface area contributed by atoms with Crippen LogP contribution in [0.25, 0.3) is 0 Å². The van der Waals surface area contributed by atoms with Crippen LogP contribution in [0.15, 0.2) is 53.9 Å². The topological polar surface area (TPSA) is 67.1 Å². The summed E-state index contributed by atoms with van der Waals surface area (Å²) in [5.41, 5.74) is 1.25. The SMILES string of the molecule is CCNC(=NCc1nccn1Cc1ccccc1)NCc1ncc(C)s1. The van der Waals surface area contributed by atoms with Gasteiger partial charge in [-0.15, -0.1) is 11.3 Å². The molecule has 1 aromatic carbocycles. The smallest absolute Gasteiger partial charge is 0.192 e. The molecule has 0 spiro atoms. The Labute approximate surface area is 158 Å². The lowest BCUT2D eigenvalue weighted by atomic mass is 10.2. The Morgan fingerprint density at radius 2 is 2.04 bits per heavy atom. The molecule has 0 amide bonds. The number of benzene rings is 1. The van der Waals surface area contributed by atoms with E-state index in [0.29, 0.717) is 13.1 Å². The van der Waals surface area contributed by atoms with Crippen molar-refractivity contribution in [1.82, 2.24) is 25.2 Å². The van der Waals surface area contributed by atoms with Crippen LogP contribution in [-0.2, 0) is 19.6 Å². The number of nitrogens with zero attached hydrogens (tertiary/aromatic N) is 4. The first-order valence-corrected chi connectivity index (χ1v) is 9.53. The first-order chi connectivity index (χ1) is 12.7. The Balaban J connectivity index is 1.63. The third kappa shape index (κ3) is 5.16. The summed E-state index contributed by atoms with van der Waals surface area (Å²) in [4.78, 5) is 14.7. The monoisotopic (exact) mass is 368 g/mol. The molecule has 2 heterocycles. The van der Waals surface area contributed by atoms with E-state index in [0.717, 1.165) is 29.9 Å². The van der Waals surface area contributed by atoms with E-state index < -0.39 is 0 Å². The Morgan fingerprint density at radius 3 is 2.77 bits per heavy atom. The predicted octanol–water partition coefficient (Wildman–Crippen LogP) is 2.95. The van der Waals surface area contributed by atoms with E-state index >= 15 is 0 Å². The fourth-order valence-corrected chi connectivity index (χ4v) is 3.28. The molecule has 3 rings (SSSR count). The van der Waals surface area contributed by atoms with Gasteiger partial charge in [0.1, 0.15) is 17.4 Å². The van der Waals surface area contributed by atoms with E-state index in [9.17, 15) is 0 Å². The summed E-state index contributed by atoms with van der Waals surface area (Å²) in [7, 11) is 0. The Kier molecular flexibility index (Phi) is 6.38. The van der Waals surface area contributed by atoms with Gasteiger partial charge in [0.05, 0.1) is 6.54 Å². The summed E-state index contributed by atoms with van der Waals surface area (Å²) < 4.78 is 2.13. The fourth-order valence-electron chi connectivity index (χ4n) is 2.55. The summed E-state index contributed by atoms with van der Waals surface area (Å²) >= 11 is 1.69. The zero-order valence-electron chi connectivity index (χ0n) is 15.1. The molecular weight excluding hydrogens is 344 g/mol. The number of aliphatic imine (C=N–C) groups is 1. The number of hydrogen-bond donors (Lipinski definition) is 2. The van der Waals surface area contributed by atoms with Gasteiger partial charge in [0, 0.05) is 36.6 Å². The largest absolute Gasteiger partial charge is 0.357 e. The lowest BCUT2D eigenvalue weighted by Crippen LogP contribution is -2.36. The molecule has 0 aliphatic rings. The second kappa shape index (κ2) is 9.15. The summed E-state index contributed by atoms with van der Waals surface area (Å²) in [6.45, 7) is 6.91. The highest BCUT2D eigenvalue weighted by molar-refractivity contribution is 7.11. The minimum Gasteiger partial charge on any atom is -0.357 e. The number of thiazole rings is 1. The van der Waals surface area contributed by atoms with E-state index in [1.807, 2.05) is 24.7 Å². The van der Waals surface area contributed by atoms with Crippen LogP contribution in [0.3, 0.4) is 0 Å². The third-order valence-electron chi connectivity index (χ3n) is 3.80. The van der Waals surface area contributed by atoms with Gasteiger partial charge in [-0.05, 0) is 19.4 Å². The average molecular weight is 369 g/mol. The van der Waals surface area contributed by atoms with Gasteiger partial charge >= 0.3 is 0 Å². The minimum absolute atomic E-state index is 0.520. The molecule has 0 bridgehead atoms. The van der Waals surface area contributed by atoms with Crippen molar-refractivity contribution in [2.75, 3.05) is 6.54 Å². The molecule has 2 N–H and O–H groups in total. The number of nitrogens with one attached hydrogen (secondary N) is 2. The van der Waals surface area contributed by atoms with Crippen molar-refractivity contribution in [1.29, 1.82) is 0 Å². The molecule has 136 valence electrons. The lowest BCUT2D eigenvalue weighted by molar-refractivity contribution is 0.716. The van der Waals surface area contributed by atoms with Gasteiger partial charge in [-0.3, -0.25) is 0 Å². The highest BCUT2D eigenvalue weighted by Gasteiger charge is 2.05. The maximum absolute atomic E-state index is 4.67. The van der Waals surface area contributed by atoms with Crippen molar-refractivity contribution < 1.29 is 0 Å². The molecule has 0 unspecified atom stereocenters. The highest BCUT2D eigenvalue weighted by Crippen LogP contribution is 2.10. The number of aromatic nitrogens is 3. The van der Waals surface area contributed by atoms with Crippen molar-refractivity contribution in [3.8, 4) is 0 Å². The number of imidazole rings is 1. The van der Waals surface area contributed by atoms with E-state index in [1.165, 1.54) is 10.4 Å². The highest BCUT2D eigenvalue weighted by atomic mass is 32.1. The van der Waals surface area contributed by atoms with Crippen LogP contribution in [0.1, 0.15) is 28.2 Å². The quantitative estimate of drug-likeness (QED) is 0.497. The molecule has 3 aromatic rings. The molecule has 0 fully saturated rings. The van der Waals surface area contributed by atoms with Crippen LogP contribution in [0.4, 0.5) is 0 Å². The van der Waals surface area contributed by atoms with Crippen LogP contribution in [0.5, 0.6) is 0 Å².